The highest BCUT2D eigenvalue weighted by molar-refractivity contribution is 6.35. The second-order valence-corrected chi connectivity index (χ2v) is 4.02. The third-order valence-electron chi connectivity index (χ3n) is 2.60. The van der Waals surface area contributed by atoms with Gasteiger partial charge in [-0.15, -0.1) is 0 Å². The summed E-state index contributed by atoms with van der Waals surface area (Å²) in [5.41, 5.74) is 0.542. The van der Waals surface area contributed by atoms with Gasteiger partial charge in [0.25, 0.3) is 5.56 Å². The molecule has 88 valence electrons. The minimum absolute atomic E-state index is 0.115. The molecule has 5 heteroatoms. The van der Waals surface area contributed by atoms with Gasteiger partial charge in [0.05, 0.1) is 16.1 Å². The number of pyridine rings is 1. The predicted molar refractivity (Wildman–Crippen MR) is 65.9 cm³/mol. The van der Waals surface area contributed by atoms with Gasteiger partial charge in [0.2, 0.25) is 0 Å². The molecule has 0 bridgehead atoms. The Balaban J connectivity index is 2.90. The topological polar surface area (TPSA) is 59.3 Å². The number of aromatic nitrogens is 1. The van der Waals surface area contributed by atoms with Gasteiger partial charge in [-0.2, -0.15) is 0 Å². The maximum atomic E-state index is 11.6. The van der Waals surface area contributed by atoms with E-state index in [1.807, 2.05) is 6.92 Å². The van der Waals surface area contributed by atoms with Gasteiger partial charge in [0, 0.05) is 18.0 Å². The van der Waals surface area contributed by atoms with Crippen LogP contribution in [0.5, 0.6) is 0 Å². The molecule has 0 aliphatic heterocycles. The number of carboxylic acids is 1. The zero-order valence-electron chi connectivity index (χ0n) is 9.11. The van der Waals surface area contributed by atoms with E-state index in [4.69, 9.17) is 16.7 Å². The molecule has 1 aromatic heterocycles. The van der Waals surface area contributed by atoms with E-state index in [0.29, 0.717) is 17.4 Å². The Morgan fingerprint density at radius 1 is 1.41 bits per heavy atom. The second kappa shape index (κ2) is 4.22. The molecule has 0 saturated heterocycles. The Bertz CT molecular complexity index is 661. The fourth-order valence-electron chi connectivity index (χ4n) is 1.83. The number of fused-ring (bicyclic) bond motifs is 1. The summed E-state index contributed by atoms with van der Waals surface area (Å²) < 4.78 is 1.52. The van der Waals surface area contributed by atoms with Crippen molar-refractivity contribution >= 4 is 28.5 Å². The van der Waals surface area contributed by atoms with Crippen LogP contribution in [0, 0.1) is 0 Å². The first kappa shape index (κ1) is 11.7. The average molecular weight is 252 g/mol. The van der Waals surface area contributed by atoms with Crippen LogP contribution in [0.4, 0.5) is 0 Å². The highest BCUT2D eigenvalue weighted by Crippen LogP contribution is 2.24. The maximum Gasteiger partial charge on any atom is 0.335 e. The van der Waals surface area contributed by atoms with Gasteiger partial charge in [0.15, 0.2) is 0 Å². The normalized spacial score (nSPS) is 10.7. The molecule has 0 aliphatic rings. The molecule has 0 spiro atoms. The van der Waals surface area contributed by atoms with Crippen LogP contribution in [0.2, 0.25) is 5.02 Å². The smallest absolute Gasteiger partial charge is 0.335 e. The zero-order valence-corrected chi connectivity index (χ0v) is 9.86. The van der Waals surface area contributed by atoms with E-state index >= 15 is 0 Å². The molecule has 4 nitrogen and oxygen atoms in total. The van der Waals surface area contributed by atoms with Gasteiger partial charge in [-0.05, 0) is 25.1 Å². The zero-order chi connectivity index (χ0) is 12.6. The predicted octanol–water partition coefficient (Wildman–Crippen LogP) is 2.37. The van der Waals surface area contributed by atoms with Crippen molar-refractivity contribution in [2.75, 3.05) is 0 Å². The number of nitrogens with zero attached hydrogens (tertiary/aromatic N) is 1. The van der Waals surface area contributed by atoms with Crippen molar-refractivity contribution in [3.05, 3.63) is 45.2 Å². The van der Waals surface area contributed by atoms with E-state index < -0.39 is 5.97 Å². The van der Waals surface area contributed by atoms with Crippen LogP contribution in [0.3, 0.4) is 0 Å². The fraction of sp³-hybridized carbons (Fsp3) is 0.167. The molecule has 0 atom stereocenters. The summed E-state index contributed by atoms with van der Waals surface area (Å²) in [5, 5.41) is 9.85. The van der Waals surface area contributed by atoms with Gasteiger partial charge >= 0.3 is 5.97 Å². The first-order chi connectivity index (χ1) is 8.04. The number of carbonyl (C=O) groups is 1. The van der Waals surface area contributed by atoms with Crippen LogP contribution in [-0.4, -0.2) is 15.6 Å². The standard InChI is InChI=1S/C12H10ClNO3/c1-2-14-10(15)4-3-7-5-8(12(16)17)6-9(13)11(7)14/h3-6H,2H2,1H3,(H,16,17). The molecule has 2 rings (SSSR count). The molecule has 0 amide bonds. The molecule has 0 unspecified atom stereocenters. The summed E-state index contributed by atoms with van der Waals surface area (Å²) in [7, 11) is 0. The van der Waals surface area contributed by atoms with E-state index in [1.165, 1.54) is 22.8 Å². The van der Waals surface area contributed by atoms with Crippen LogP contribution >= 0.6 is 11.6 Å². The van der Waals surface area contributed by atoms with Gasteiger partial charge in [0.1, 0.15) is 0 Å². The third kappa shape index (κ3) is 1.91. The van der Waals surface area contributed by atoms with Crippen LogP contribution in [-0.2, 0) is 6.54 Å². The number of benzene rings is 1. The molecular weight excluding hydrogens is 242 g/mol. The number of halogens is 1. The molecule has 17 heavy (non-hydrogen) atoms. The van der Waals surface area contributed by atoms with Crippen molar-refractivity contribution in [2.45, 2.75) is 13.5 Å². The Hall–Kier alpha value is -1.81. The number of hydrogen-bond donors (Lipinski definition) is 1. The number of aromatic carboxylic acids is 1. The Morgan fingerprint density at radius 2 is 2.12 bits per heavy atom. The number of hydrogen-bond acceptors (Lipinski definition) is 2. The van der Waals surface area contributed by atoms with Crippen LogP contribution in [0.25, 0.3) is 10.9 Å². The molecule has 0 fully saturated rings. The van der Waals surface area contributed by atoms with Crippen molar-refractivity contribution in [1.29, 1.82) is 0 Å². The highest BCUT2D eigenvalue weighted by Gasteiger charge is 2.11. The van der Waals surface area contributed by atoms with Crippen molar-refractivity contribution in [3.63, 3.8) is 0 Å². The summed E-state index contributed by atoms with van der Waals surface area (Å²) in [4.78, 5) is 22.5. The van der Waals surface area contributed by atoms with Gasteiger partial charge in [-0.25, -0.2) is 4.79 Å². The van der Waals surface area contributed by atoms with E-state index in [2.05, 4.69) is 0 Å². The highest BCUT2D eigenvalue weighted by atomic mass is 35.5. The van der Waals surface area contributed by atoms with Crippen molar-refractivity contribution in [1.82, 2.24) is 4.57 Å². The Labute approximate surface area is 102 Å². The molecule has 1 N–H and O–H groups in total. The molecule has 0 saturated carbocycles. The van der Waals surface area contributed by atoms with Crippen LogP contribution in [0.15, 0.2) is 29.1 Å². The van der Waals surface area contributed by atoms with Crippen molar-refractivity contribution in [3.8, 4) is 0 Å². The quantitative estimate of drug-likeness (QED) is 0.891. The number of carboxylic acid groups (broad SMARTS) is 1. The summed E-state index contributed by atoms with van der Waals surface area (Å²) in [6.45, 7) is 2.32. The number of rotatable bonds is 2. The lowest BCUT2D eigenvalue weighted by Gasteiger charge is -2.09. The van der Waals surface area contributed by atoms with Crippen molar-refractivity contribution in [2.24, 2.45) is 0 Å². The fourth-order valence-corrected chi connectivity index (χ4v) is 2.16. The summed E-state index contributed by atoms with van der Waals surface area (Å²) >= 11 is 6.04. The average Bonchev–Trinajstić information content (AvgIpc) is 2.29. The van der Waals surface area contributed by atoms with Gasteiger partial charge in [-0.3, -0.25) is 4.79 Å². The molecule has 0 radical (unpaired) electrons. The first-order valence-electron chi connectivity index (χ1n) is 5.11. The van der Waals surface area contributed by atoms with E-state index in [9.17, 15) is 9.59 Å². The van der Waals surface area contributed by atoms with Crippen molar-refractivity contribution < 1.29 is 9.90 Å². The van der Waals surface area contributed by atoms with Crippen LogP contribution < -0.4 is 5.56 Å². The number of aryl methyl sites for hydroxylation is 1. The molecule has 0 aliphatic carbocycles. The second-order valence-electron chi connectivity index (χ2n) is 3.62. The largest absolute Gasteiger partial charge is 0.478 e. The molecule has 1 aromatic carbocycles. The van der Waals surface area contributed by atoms with Crippen LogP contribution in [0.1, 0.15) is 17.3 Å². The van der Waals surface area contributed by atoms with Gasteiger partial charge < -0.3 is 9.67 Å². The lowest BCUT2D eigenvalue weighted by atomic mass is 10.1. The summed E-state index contributed by atoms with van der Waals surface area (Å²) in [6.07, 6.45) is 0. The lowest BCUT2D eigenvalue weighted by Crippen LogP contribution is -2.18. The summed E-state index contributed by atoms with van der Waals surface area (Å²) in [5.74, 6) is -1.04. The molecule has 1 heterocycles. The summed E-state index contributed by atoms with van der Waals surface area (Å²) in [6, 6.07) is 5.86. The Morgan fingerprint density at radius 3 is 2.71 bits per heavy atom. The maximum absolute atomic E-state index is 11.6. The SMILES string of the molecule is CCn1c(=O)ccc2cc(C(=O)O)cc(Cl)c21. The third-order valence-corrected chi connectivity index (χ3v) is 2.89. The Kier molecular flexibility index (Phi) is 2.90. The minimum atomic E-state index is -1.04. The van der Waals surface area contributed by atoms with Gasteiger partial charge in [-0.1, -0.05) is 11.6 Å². The first-order valence-corrected chi connectivity index (χ1v) is 5.48. The molecule has 2 aromatic rings. The molecular formula is C12H10ClNO3. The minimum Gasteiger partial charge on any atom is -0.478 e. The lowest BCUT2D eigenvalue weighted by molar-refractivity contribution is 0.0697. The monoisotopic (exact) mass is 251 g/mol. The van der Waals surface area contributed by atoms with E-state index in [1.54, 1.807) is 6.07 Å². The van der Waals surface area contributed by atoms with E-state index in [-0.39, 0.29) is 16.1 Å². The van der Waals surface area contributed by atoms with E-state index in [0.717, 1.165) is 0 Å².